The summed E-state index contributed by atoms with van der Waals surface area (Å²) in [6.07, 6.45) is 4.62. The third-order valence-electron chi connectivity index (χ3n) is 6.67. The van der Waals surface area contributed by atoms with Gasteiger partial charge in [0.05, 0.1) is 41.8 Å². The largest absolute Gasteiger partial charge is 0.460 e. The maximum atomic E-state index is 11.3. The Balaban J connectivity index is 1.15. The van der Waals surface area contributed by atoms with Gasteiger partial charge in [-0.15, -0.1) is 0 Å². The molecule has 0 aliphatic rings. The molecule has 3 N–H and O–H groups in total. The molecule has 6 aromatic rings. The highest BCUT2D eigenvalue weighted by molar-refractivity contribution is 7.90. The van der Waals surface area contributed by atoms with Crippen LogP contribution in [0.3, 0.4) is 0 Å². The van der Waals surface area contributed by atoms with Gasteiger partial charge in [-0.25, -0.2) is 18.4 Å². The third kappa shape index (κ3) is 6.37. The van der Waals surface area contributed by atoms with E-state index < -0.39 is 9.84 Å². The fourth-order valence-electron chi connectivity index (χ4n) is 4.59. The van der Waals surface area contributed by atoms with Crippen LogP contribution in [0.4, 0.5) is 11.5 Å². The van der Waals surface area contributed by atoms with Crippen LogP contribution in [0.15, 0.2) is 95.8 Å². The Labute approximate surface area is 237 Å². The average molecular weight is 568 g/mol. The van der Waals surface area contributed by atoms with Gasteiger partial charge in [0, 0.05) is 29.1 Å². The van der Waals surface area contributed by atoms with Crippen molar-refractivity contribution in [2.75, 3.05) is 29.4 Å². The van der Waals surface area contributed by atoms with E-state index in [0.29, 0.717) is 31.2 Å². The summed E-state index contributed by atoms with van der Waals surface area (Å²) in [5.41, 5.74) is 11.3. The number of hydrazine groups is 1. The van der Waals surface area contributed by atoms with Crippen molar-refractivity contribution >= 4 is 43.1 Å². The molecular weight excluding hydrogens is 538 g/mol. The Hall–Kier alpha value is -4.74. The third-order valence-corrected chi connectivity index (χ3v) is 7.62. The number of hydrogen-bond donors (Lipinski definition) is 3. The summed E-state index contributed by atoms with van der Waals surface area (Å²) in [4.78, 5) is 8.86. The van der Waals surface area contributed by atoms with Crippen molar-refractivity contribution in [1.82, 2.24) is 25.1 Å². The highest BCUT2D eigenvalue weighted by Gasteiger charge is 2.11. The van der Waals surface area contributed by atoms with Gasteiger partial charge in [0.2, 0.25) is 0 Å². The zero-order chi connectivity index (χ0) is 28.2. The number of nitrogens with zero attached hydrogens (tertiary/aromatic N) is 4. The van der Waals surface area contributed by atoms with Crippen LogP contribution in [0.1, 0.15) is 11.3 Å². The van der Waals surface area contributed by atoms with Gasteiger partial charge >= 0.3 is 0 Å². The molecule has 208 valence electrons. The van der Waals surface area contributed by atoms with Crippen LogP contribution in [0, 0.1) is 0 Å². The highest BCUT2D eigenvalue weighted by Crippen LogP contribution is 2.29. The normalized spacial score (nSPS) is 11.7. The molecule has 0 saturated heterocycles. The molecule has 0 spiro atoms. The summed E-state index contributed by atoms with van der Waals surface area (Å²) < 4.78 is 30.6. The molecule has 0 unspecified atom stereocenters. The van der Waals surface area contributed by atoms with Crippen LogP contribution in [0.25, 0.3) is 33.1 Å². The zero-order valence-corrected chi connectivity index (χ0v) is 23.2. The molecule has 0 radical (unpaired) electrons. The van der Waals surface area contributed by atoms with E-state index in [9.17, 15) is 8.42 Å². The topological polar surface area (TPSA) is 127 Å². The van der Waals surface area contributed by atoms with Gasteiger partial charge in [-0.3, -0.25) is 15.5 Å². The number of rotatable bonds is 11. The Kier molecular flexibility index (Phi) is 7.36. The van der Waals surface area contributed by atoms with Crippen molar-refractivity contribution in [2.45, 2.75) is 13.1 Å². The fourth-order valence-corrected chi connectivity index (χ4v) is 5.10. The summed E-state index contributed by atoms with van der Waals surface area (Å²) in [5.74, 6) is 2.14. The van der Waals surface area contributed by atoms with Crippen LogP contribution in [-0.4, -0.2) is 46.7 Å². The standard InChI is InChI=1S/C30H29N7O3S/c1-41(38,39)14-13-31-18-25-9-12-29(40-25)22-7-10-27-26(16-22)30(33-20-32-27)36-35-24-8-11-28-23(15-24)17-34-37(28)19-21-5-3-2-4-6-21/h2-12,15-17,20,31,35H,13-14,18-19H2,1H3,(H,32,33,36). The predicted molar refractivity (Wildman–Crippen MR) is 161 cm³/mol. The van der Waals surface area contributed by atoms with Crippen LogP contribution < -0.4 is 16.2 Å². The number of anilines is 2. The lowest BCUT2D eigenvalue weighted by Gasteiger charge is -2.12. The second kappa shape index (κ2) is 11.4. The van der Waals surface area contributed by atoms with Gasteiger partial charge in [-0.05, 0) is 54.1 Å². The zero-order valence-electron chi connectivity index (χ0n) is 22.4. The molecule has 3 heterocycles. The van der Waals surface area contributed by atoms with Crippen molar-refractivity contribution < 1.29 is 12.8 Å². The Morgan fingerprint density at radius 1 is 0.927 bits per heavy atom. The van der Waals surface area contributed by atoms with Crippen LogP contribution in [0.5, 0.6) is 0 Å². The number of furan rings is 1. The van der Waals surface area contributed by atoms with E-state index in [1.165, 1.54) is 18.1 Å². The highest BCUT2D eigenvalue weighted by atomic mass is 32.2. The van der Waals surface area contributed by atoms with Crippen molar-refractivity contribution in [3.63, 3.8) is 0 Å². The minimum absolute atomic E-state index is 0.0841. The smallest absolute Gasteiger partial charge is 0.155 e. The SMILES string of the molecule is CS(=O)(=O)CCNCc1ccc(-c2ccc3ncnc(NNc4ccc5c(cnn5Cc5ccccc5)c4)c3c2)o1. The first kappa shape index (κ1) is 26.5. The molecular formula is C30H29N7O3S. The number of fused-ring (bicyclic) bond motifs is 2. The lowest BCUT2D eigenvalue weighted by molar-refractivity contribution is 0.498. The second-order valence-corrected chi connectivity index (χ2v) is 12.1. The quantitative estimate of drug-likeness (QED) is 0.149. The fraction of sp³-hybridized carbons (Fsp3) is 0.167. The minimum atomic E-state index is -3.00. The van der Waals surface area contributed by atoms with E-state index in [0.717, 1.165) is 38.8 Å². The van der Waals surface area contributed by atoms with Gasteiger partial charge in [-0.1, -0.05) is 30.3 Å². The Morgan fingerprint density at radius 3 is 2.66 bits per heavy atom. The van der Waals surface area contributed by atoms with Crippen molar-refractivity contribution in [3.05, 3.63) is 103 Å². The van der Waals surface area contributed by atoms with Crippen LogP contribution in [-0.2, 0) is 22.9 Å². The van der Waals surface area contributed by atoms with Gasteiger partial charge in [0.1, 0.15) is 27.7 Å². The molecule has 0 aliphatic heterocycles. The van der Waals surface area contributed by atoms with Gasteiger partial charge in [-0.2, -0.15) is 5.10 Å². The van der Waals surface area contributed by atoms with E-state index in [4.69, 9.17) is 4.42 Å². The first-order valence-electron chi connectivity index (χ1n) is 13.2. The number of hydrogen-bond acceptors (Lipinski definition) is 9. The van der Waals surface area contributed by atoms with E-state index in [-0.39, 0.29) is 5.75 Å². The van der Waals surface area contributed by atoms with Crippen molar-refractivity contribution in [2.24, 2.45) is 0 Å². The summed E-state index contributed by atoms with van der Waals surface area (Å²) in [6, 6.07) is 26.0. The maximum absolute atomic E-state index is 11.3. The molecule has 0 atom stereocenters. The first-order chi connectivity index (χ1) is 19.9. The van der Waals surface area contributed by atoms with E-state index >= 15 is 0 Å². The van der Waals surface area contributed by atoms with E-state index in [1.807, 2.05) is 71.5 Å². The summed E-state index contributed by atoms with van der Waals surface area (Å²) >= 11 is 0. The molecule has 0 fully saturated rings. The summed E-state index contributed by atoms with van der Waals surface area (Å²) in [5, 5.41) is 9.53. The molecule has 0 amide bonds. The molecule has 0 saturated carbocycles. The Bertz CT molecular complexity index is 1920. The lowest BCUT2D eigenvalue weighted by Crippen LogP contribution is -2.21. The Morgan fingerprint density at radius 2 is 1.80 bits per heavy atom. The van der Waals surface area contributed by atoms with Crippen LogP contribution >= 0.6 is 0 Å². The van der Waals surface area contributed by atoms with Crippen molar-refractivity contribution in [1.29, 1.82) is 0 Å². The molecule has 3 aromatic carbocycles. The van der Waals surface area contributed by atoms with Crippen molar-refractivity contribution in [3.8, 4) is 11.3 Å². The number of aromatic nitrogens is 4. The molecule has 3 aromatic heterocycles. The van der Waals surface area contributed by atoms with Gasteiger partial charge in [0.15, 0.2) is 5.82 Å². The summed E-state index contributed by atoms with van der Waals surface area (Å²) in [6.45, 7) is 1.52. The average Bonchev–Trinajstić information content (AvgIpc) is 3.61. The predicted octanol–water partition coefficient (Wildman–Crippen LogP) is 4.86. The molecule has 0 aliphatic carbocycles. The molecule has 10 nitrogen and oxygen atoms in total. The van der Waals surface area contributed by atoms with Crippen LogP contribution in [0.2, 0.25) is 0 Å². The van der Waals surface area contributed by atoms with E-state index in [2.05, 4.69) is 49.4 Å². The first-order valence-corrected chi connectivity index (χ1v) is 15.2. The maximum Gasteiger partial charge on any atom is 0.155 e. The van der Waals surface area contributed by atoms with Gasteiger partial charge < -0.3 is 9.73 Å². The molecule has 6 rings (SSSR count). The monoisotopic (exact) mass is 567 g/mol. The lowest BCUT2D eigenvalue weighted by atomic mass is 10.1. The number of sulfone groups is 1. The number of nitrogens with one attached hydrogen (secondary N) is 3. The molecule has 41 heavy (non-hydrogen) atoms. The molecule has 11 heteroatoms. The minimum Gasteiger partial charge on any atom is -0.460 e. The summed E-state index contributed by atoms with van der Waals surface area (Å²) in [7, 11) is -3.00. The van der Waals surface area contributed by atoms with E-state index in [1.54, 1.807) is 0 Å². The number of benzene rings is 3. The van der Waals surface area contributed by atoms with Gasteiger partial charge in [0.25, 0.3) is 0 Å². The second-order valence-electron chi connectivity index (χ2n) is 9.84. The molecule has 0 bridgehead atoms.